The number of carbonyl (C=O) groups is 2. The molecular formula is C17H25NO3S. The highest BCUT2D eigenvalue weighted by atomic mass is 32.1. The van der Waals surface area contributed by atoms with Gasteiger partial charge in [-0.2, -0.15) is 0 Å². The molecule has 2 rings (SSSR count). The first-order valence-corrected chi connectivity index (χ1v) is 8.73. The Balaban J connectivity index is 1.82. The number of thiophene rings is 1. The van der Waals surface area contributed by atoms with Gasteiger partial charge in [0.05, 0.1) is 5.56 Å². The maximum atomic E-state index is 12.0. The van der Waals surface area contributed by atoms with Crippen LogP contribution in [0.2, 0.25) is 0 Å². The molecule has 1 heterocycles. The van der Waals surface area contributed by atoms with Gasteiger partial charge in [0.1, 0.15) is 0 Å². The lowest BCUT2D eigenvalue weighted by molar-refractivity contribution is -0.125. The molecule has 1 saturated carbocycles. The predicted molar refractivity (Wildman–Crippen MR) is 88.2 cm³/mol. The van der Waals surface area contributed by atoms with E-state index < -0.39 is 5.97 Å². The van der Waals surface area contributed by atoms with Crippen LogP contribution < -0.4 is 5.32 Å². The number of amides is 1. The van der Waals surface area contributed by atoms with E-state index in [2.05, 4.69) is 19.2 Å². The number of nitrogens with one attached hydrogen (secondary N) is 1. The van der Waals surface area contributed by atoms with Gasteiger partial charge in [-0.25, -0.2) is 4.79 Å². The monoisotopic (exact) mass is 323 g/mol. The molecule has 0 spiro atoms. The van der Waals surface area contributed by atoms with Crippen LogP contribution in [0.15, 0.2) is 6.07 Å². The summed E-state index contributed by atoms with van der Waals surface area (Å²) in [6, 6.07) is 2.01. The summed E-state index contributed by atoms with van der Waals surface area (Å²) in [6.07, 6.45) is 3.37. The normalized spacial score (nSPS) is 24.8. The minimum atomic E-state index is -0.415. The lowest BCUT2D eigenvalue weighted by atomic mass is 9.78. The van der Waals surface area contributed by atoms with Crippen LogP contribution in [0.4, 0.5) is 0 Å². The molecule has 1 aromatic rings. The summed E-state index contributed by atoms with van der Waals surface area (Å²) in [4.78, 5) is 26.0. The average Bonchev–Trinajstić information content (AvgIpc) is 2.80. The van der Waals surface area contributed by atoms with Gasteiger partial charge in [-0.05, 0) is 38.2 Å². The van der Waals surface area contributed by atoms with Crippen molar-refractivity contribution in [1.82, 2.24) is 5.32 Å². The van der Waals surface area contributed by atoms with Crippen molar-refractivity contribution in [2.24, 2.45) is 11.8 Å². The number of esters is 1. The fourth-order valence-electron chi connectivity index (χ4n) is 3.08. The van der Waals surface area contributed by atoms with E-state index in [9.17, 15) is 9.59 Å². The molecule has 1 aliphatic rings. The number of hydrogen-bond donors (Lipinski definition) is 1. The number of rotatable bonds is 4. The van der Waals surface area contributed by atoms with Crippen molar-refractivity contribution in [3.63, 3.8) is 0 Å². The molecule has 1 aromatic heterocycles. The Labute approximate surface area is 136 Å². The van der Waals surface area contributed by atoms with E-state index in [1.807, 2.05) is 19.9 Å². The Morgan fingerprint density at radius 3 is 2.68 bits per heavy atom. The highest BCUT2D eigenvalue weighted by Crippen LogP contribution is 2.29. The topological polar surface area (TPSA) is 55.4 Å². The molecule has 1 fully saturated rings. The second-order valence-electron chi connectivity index (χ2n) is 6.34. The molecule has 1 N–H and O–H groups in total. The summed E-state index contributed by atoms with van der Waals surface area (Å²) >= 11 is 1.56. The van der Waals surface area contributed by atoms with E-state index in [1.165, 1.54) is 6.42 Å². The van der Waals surface area contributed by atoms with E-state index in [0.29, 0.717) is 17.4 Å². The first kappa shape index (κ1) is 17.0. The van der Waals surface area contributed by atoms with Crippen molar-refractivity contribution in [2.45, 2.75) is 53.0 Å². The number of hydrogen-bond acceptors (Lipinski definition) is 4. The molecule has 1 amide bonds. The van der Waals surface area contributed by atoms with Gasteiger partial charge in [-0.1, -0.05) is 26.7 Å². The van der Waals surface area contributed by atoms with Crippen LogP contribution in [0, 0.1) is 25.7 Å². The second kappa shape index (κ2) is 7.27. The summed E-state index contributed by atoms with van der Waals surface area (Å²) in [5.74, 6) is 0.471. The highest BCUT2D eigenvalue weighted by molar-refractivity contribution is 7.12. The number of carbonyl (C=O) groups excluding carboxylic acids is 2. The molecule has 0 bridgehead atoms. The van der Waals surface area contributed by atoms with Gasteiger partial charge in [0.2, 0.25) is 0 Å². The Morgan fingerprint density at radius 1 is 1.32 bits per heavy atom. The fraction of sp³-hybridized carbons (Fsp3) is 0.647. The summed E-state index contributed by atoms with van der Waals surface area (Å²) in [6.45, 7) is 8.04. The molecule has 0 radical (unpaired) electrons. The van der Waals surface area contributed by atoms with Crippen LogP contribution in [0.3, 0.4) is 0 Å². The number of ether oxygens (including phenoxy) is 1. The third kappa shape index (κ3) is 4.09. The zero-order valence-corrected chi connectivity index (χ0v) is 14.6. The first-order valence-electron chi connectivity index (χ1n) is 7.92. The van der Waals surface area contributed by atoms with Crippen molar-refractivity contribution < 1.29 is 14.3 Å². The number of aryl methyl sites for hydroxylation is 2. The van der Waals surface area contributed by atoms with Gasteiger partial charge in [-0.3, -0.25) is 4.79 Å². The van der Waals surface area contributed by atoms with Gasteiger partial charge in [-0.15, -0.1) is 11.3 Å². The summed E-state index contributed by atoms with van der Waals surface area (Å²) in [5, 5.41) is 3.01. The standard InChI is InChI=1S/C17H25NO3S/c1-10-6-5-7-15(12(10)3)18-16(19)9-21-17(20)14-8-11(2)22-13(14)4/h8,10,12,15H,5-7,9H2,1-4H3,(H,18,19)/t10-,12-,15-/m0/s1. The first-order chi connectivity index (χ1) is 10.4. The van der Waals surface area contributed by atoms with Crippen molar-refractivity contribution in [1.29, 1.82) is 0 Å². The molecule has 0 saturated heterocycles. The molecule has 0 aromatic carbocycles. The maximum absolute atomic E-state index is 12.0. The Hall–Kier alpha value is -1.36. The van der Waals surface area contributed by atoms with Gasteiger partial charge in [0.25, 0.3) is 5.91 Å². The van der Waals surface area contributed by atoms with Crippen molar-refractivity contribution in [2.75, 3.05) is 6.61 Å². The average molecular weight is 323 g/mol. The van der Waals surface area contributed by atoms with E-state index in [-0.39, 0.29) is 18.6 Å². The van der Waals surface area contributed by atoms with Gasteiger partial charge >= 0.3 is 5.97 Å². The van der Waals surface area contributed by atoms with Crippen LogP contribution in [0.25, 0.3) is 0 Å². The van der Waals surface area contributed by atoms with Crippen LogP contribution in [-0.4, -0.2) is 24.5 Å². The second-order valence-corrected chi connectivity index (χ2v) is 7.80. The largest absolute Gasteiger partial charge is 0.452 e. The maximum Gasteiger partial charge on any atom is 0.339 e. The van der Waals surface area contributed by atoms with Crippen molar-refractivity contribution >= 4 is 23.2 Å². The van der Waals surface area contributed by atoms with Gasteiger partial charge < -0.3 is 10.1 Å². The molecule has 5 heteroatoms. The molecular weight excluding hydrogens is 298 g/mol. The lowest BCUT2D eigenvalue weighted by Gasteiger charge is -2.34. The SMILES string of the molecule is Cc1cc(C(=O)OCC(=O)N[C@H]2CCC[C@H](C)[C@@H]2C)c(C)s1. The van der Waals surface area contributed by atoms with Gasteiger partial charge in [0.15, 0.2) is 6.61 Å². The zero-order valence-electron chi connectivity index (χ0n) is 13.8. The highest BCUT2D eigenvalue weighted by Gasteiger charge is 2.28. The van der Waals surface area contributed by atoms with E-state index in [4.69, 9.17) is 4.74 Å². The molecule has 0 aliphatic heterocycles. The lowest BCUT2D eigenvalue weighted by Crippen LogP contribution is -2.45. The third-order valence-corrected chi connectivity index (χ3v) is 5.61. The molecule has 1 aliphatic carbocycles. The summed E-state index contributed by atoms with van der Waals surface area (Å²) in [5.41, 5.74) is 0.565. The Bertz CT molecular complexity index is 552. The van der Waals surface area contributed by atoms with E-state index in [1.54, 1.807) is 11.3 Å². The molecule has 22 heavy (non-hydrogen) atoms. The van der Waals surface area contributed by atoms with E-state index >= 15 is 0 Å². The molecule has 122 valence electrons. The predicted octanol–water partition coefficient (Wildman–Crippen LogP) is 3.46. The van der Waals surface area contributed by atoms with Gasteiger partial charge in [0, 0.05) is 15.8 Å². The Morgan fingerprint density at radius 2 is 2.05 bits per heavy atom. The minimum Gasteiger partial charge on any atom is -0.452 e. The fourth-order valence-corrected chi connectivity index (χ4v) is 3.99. The molecule has 4 nitrogen and oxygen atoms in total. The van der Waals surface area contributed by atoms with Crippen LogP contribution in [0.1, 0.15) is 53.2 Å². The third-order valence-electron chi connectivity index (χ3n) is 4.65. The van der Waals surface area contributed by atoms with Crippen molar-refractivity contribution in [3.05, 3.63) is 21.4 Å². The molecule has 3 atom stereocenters. The smallest absolute Gasteiger partial charge is 0.339 e. The van der Waals surface area contributed by atoms with Crippen LogP contribution >= 0.6 is 11.3 Å². The summed E-state index contributed by atoms with van der Waals surface area (Å²) in [7, 11) is 0. The van der Waals surface area contributed by atoms with Crippen molar-refractivity contribution in [3.8, 4) is 0 Å². The zero-order chi connectivity index (χ0) is 16.3. The van der Waals surface area contributed by atoms with Crippen LogP contribution in [-0.2, 0) is 9.53 Å². The quantitative estimate of drug-likeness (QED) is 0.863. The van der Waals surface area contributed by atoms with E-state index in [0.717, 1.165) is 22.6 Å². The minimum absolute atomic E-state index is 0.195. The summed E-state index contributed by atoms with van der Waals surface area (Å²) < 4.78 is 5.14. The van der Waals surface area contributed by atoms with Crippen LogP contribution in [0.5, 0.6) is 0 Å². The Kier molecular flexibility index (Phi) is 5.62. The molecule has 0 unspecified atom stereocenters.